The first-order valence-corrected chi connectivity index (χ1v) is 7.98. The third-order valence-electron chi connectivity index (χ3n) is 4.76. The van der Waals surface area contributed by atoms with Crippen molar-refractivity contribution < 1.29 is 23.0 Å². The molecule has 2 rings (SSSR count). The van der Waals surface area contributed by atoms with Crippen LogP contribution in [0.2, 0.25) is 0 Å². The van der Waals surface area contributed by atoms with Gasteiger partial charge in [-0.25, -0.2) is 0 Å². The number of nitrogens with zero attached hydrogens (tertiary/aromatic N) is 1. The molecule has 1 aliphatic heterocycles. The number of alkyl halides is 3. The number of rotatable bonds is 6. The fourth-order valence-electron chi connectivity index (χ4n) is 2.98. The number of hydrogen-bond acceptors (Lipinski definition) is 3. The summed E-state index contributed by atoms with van der Waals surface area (Å²) in [5, 5.41) is 9.56. The summed E-state index contributed by atoms with van der Waals surface area (Å²) in [4.78, 5) is 2.21. The Morgan fingerprint density at radius 3 is 2.43 bits per heavy atom. The molecule has 0 aromatic heterocycles. The molecule has 130 valence electrons. The topological polar surface area (TPSA) is 32.7 Å². The van der Waals surface area contributed by atoms with Crippen LogP contribution in [-0.2, 0) is 6.54 Å². The van der Waals surface area contributed by atoms with Crippen LogP contribution in [0.4, 0.5) is 13.2 Å². The minimum atomic E-state index is -4.33. The van der Waals surface area contributed by atoms with Gasteiger partial charge in [0, 0.05) is 18.7 Å². The standard InChI is InChI=1S/C17H24F3NO2/c1-2-16(12-22)7-9-21(10-8-16)11-14-5-3-4-6-15(14)23-13-17(18,19)20/h3-6,22H,2,7-13H2,1H3. The van der Waals surface area contributed by atoms with E-state index in [4.69, 9.17) is 4.74 Å². The van der Waals surface area contributed by atoms with Crippen molar-refractivity contribution in [1.82, 2.24) is 4.90 Å². The predicted molar refractivity (Wildman–Crippen MR) is 82.3 cm³/mol. The van der Waals surface area contributed by atoms with Gasteiger partial charge in [-0.2, -0.15) is 13.2 Å². The lowest BCUT2D eigenvalue weighted by molar-refractivity contribution is -0.153. The van der Waals surface area contributed by atoms with Crippen LogP contribution in [0.25, 0.3) is 0 Å². The van der Waals surface area contributed by atoms with Gasteiger partial charge in [-0.3, -0.25) is 4.90 Å². The molecule has 0 spiro atoms. The Morgan fingerprint density at radius 1 is 1.22 bits per heavy atom. The number of benzene rings is 1. The molecule has 1 heterocycles. The highest BCUT2D eigenvalue weighted by Crippen LogP contribution is 2.35. The highest BCUT2D eigenvalue weighted by Gasteiger charge is 2.32. The van der Waals surface area contributed by atoms with Crippen molar-refractivity contribution in [2.45, 2.75) is 38.9 Å². The average Bonchev–Trinajstić information content (AvgIpc) is 2.54. The fraction of sp³-hybridized carbons (Fsp3) is 0.647. The predicted octanol–water partition coefficient (Wildman–Crippen LogP) is 3.61. The highest BCUT2D eigenvalue weighted by molar-refractivity contribution is 5.33. The SMILES string of the molecule is CCC1(CO)CCN(Cc2ccccc2OCC(F)(F)F)CC1. The normalized spacial score (nSPS) is 18.8. The van der Waals surface area contributed by atoms with Crippen molar-refractivity contribution >= 4 is 0 Å². The van der Waals surface area contributed by atoms with Crippen LogP contribution < -0.4 is 4.74 Å². The van der Waals surface area contributed by atoms with Crippen molar-refractivity contribution in [2.75, 3.05) is 26.3 Å². The molecule has 3 nitrogen and oxygen atoms in total. The maximum Gasteiger partial charge on any atom is 0.422 e. The molecule has 0 radical (unpaired) electrons. The van der Waals surface area contributed by atoms with Crippen LogP contribution in [0.15, 0.2) is 24.3 Å². The maximum atomic E-state index is 12.3. The Morgan fingerprint density at radius 2 is 1.87 bits per heavy atom. The van der Waals surface area contributed by atoms with Crippen LogP contribution in [0.5, 0.6) is 5.75 Å². The van der Waals surface area contributed by atoms with E-state index in [0.717, 1.165) is 37.9 Å². The molecule has 23 heavy (non-hydrogen) atoms. The van der Waals surface area contributed by atoms with E-state index in [1.807, 2.05) is 6.07 Å². The van der Waals surface area contributed by atoms with Crippen molar-refractivity contribution in [2.24, 2.45) is 5.41 Å². The van der Waals surface area contributed by atoms with Crippen LogP contribution in [0, 0.1) is 5.41 Å². The lowest BCUT2D eigenvalue weighted by Gasteiger charge is -2.40. The van der Waals surface area contributed by atoms with Gasteiger partial charge in [0.2, 0.25) is 0 Å². The van der Waals surface area contributed by atoms with Crippen molar-refractivity contribution in [3.63, 3.8) is 0 Å². The molecule has 1 N–H and O–H groups in total. The second-order valence-corrected chi connectivity index (χ2v) is 6.30. The highest BCUT2D eigenvalue weighted by atomic mass is 19.4. The monoisotopic (exact) mass is 331 g/mol. The average molecular weight is 331 g/mol. The summed E-state index contributed by atoms with van der Waals surface area (Å²) < 4.78 is 41.9. The quantitative estimate of drug-likeness (QED) is 0.864. The van der Waals surface area contributed by atoms with Gasteiger partial charge >= 0.3 is 6.18 Å². The molecule has 1 aromatic carbocycles. The summed E-state index contributed by atoms with van der Waals surface area (Å²) in [7, 11) is 0. The molecule has 0 unspecified atom stereocenters. The van der Waals surface area contributed by atoms with Crippen LogP contribution in [-0.4, -0.2) is 42.5 Å². The van der Waals surface area contributed by atoms with E-state index in [9.17, 15) is 18.3 Å². The largest absolute Gasteiger partial charge is 0.484 e. The third-order valence-corrected chi connectivity index (χ3v) is 4.76. The zero-order valence-corrected chi connectivity index (χ0v) is 13.4. The van der Waals surface area contributed by atoms with E-state index in [1.54, 1.807) is 18.2 Å². The van der Waals surface area contributed by atoms with Crippen LogP contribution in [0.1, 0.15) is 31.7 Å². The zero-order chi connectivity index (χ0) is 16.9. The second-order valence-electron chi connectivity index (χ2n) is 6.30. The van der Waals surface area contributed by atoms with E-state index in [-0.39, 0.29) is 12.0 Å². The molecule has 0 amide bonds. The summed E-state index contributed by atoms with van der Waals surface area (Å²) in [5.74, 6) is 0.291. The number of halogens is 3. The molecule has 0 aliphatic carbocycles. The Labute approximate surface area is 135 Å². The molecule has 1 fully saturated rings. The van der Waals surface area contributed by atoms with Gasteiger partial charge < -0.3 is 9.84 Å². The molecule has 1 saturated heterocycles. The first kappa shape index (κ1) is 18.1. The summed E-state index contributed by atoms with van der Waals surface area (Å²) in [6.07, 6.45) is -1.57. The van der Waals surface area contributed by atoms with E-state index in [0.29, 0.717) is 12.3 Å². The van der Waals surface area contributed by atoms with Gasteiger partial charge in [0.05, 0.1) is 0 Å². The first-order chi connectivity index (χ1) is 10.9. The summed E-state index contributed by atoms with van der Waals surface area (Å²) >= 11 is 0. The van der Waals surface area contributed by atoms with Gasteiger partial charge in [-0.1, -0.05) is 25.1 Å². The number of ether oxygens (including phenoxy) is 1. The van der Waals surface area contributed by atoms with E-state index in [2.05, 4.69) is 11.8 Å². The minimum absolute atomic E-state index is 0.00278. The molecule has 0 saturated carbocycles. The number of piperidine rings is 1. The molecular formula is C17H24F3NO2. The van der Waals surface area contributed by atoms with E-state index < -0.39 is 12.8 Å². The molecule has 1 aliphatic rings. The number of aliphatic hydroxyl groups excluding tert-OH is 1. The van der Waals surface area contributed by atoms with Gasteiger partial charge in [0.15, 0.2) is 6.61 Å². The maximum absolute atomic E-state index is 12.3. The Hall–Kier alpha value is -1.27. The van der Waals surface area contributed by atoms with E-state index >= 15 is 0 Å². The van der Waals surface area contributed by atoms with Gasteiger partial charge in [-0.15, -0.1) is 0 Å². The summed E-state index contributed by atoms with van der Waals surface area (Å²) in [5.41, 5.74) is 0.771. The molecule has 6 heteroatoms. The van der Waals surface area contributed by atoms with Gasteiger partial charge in [-0.05, 0) is 43.8 Å². The zero-order valence-electron chi connectivity index (χ0n) is 13.4. The third kappa shape index (κ3) is 5.11. The summed E-state index contributed by atoms with van der Waals surface area (Å²) in [6.45, 7) is 3.26. The van der Waals surface area contributed by atoms with Crippen molar-refractivity contribution in [3.05, 3.63) is 29.8 Å². The Kier molecular flexibility index (Phi) is 5.92. The van der Waals surface area contributed by atoms with Gasteiger partial charge in [0.1, 0.15) is 5.75 Å². The lowest BCUT2D eigenvalue weighted by Crippen LogP contribution is -2.41. The minimum Gasteiger partial charge on any atom is -0.484 e. The number of aliphatic hydroxyl groups is 1. The Bertz CT molecular complexity index is 491. The number of para-hydroxylation sites is 1. The van der Waals surface area contributed by atoms with Crippen molar-refractivity contribution in [3.8, 4) is 5.75 Å². The summed E-state index contributed by atoms with van der Waals surface area (Å²) in [6, 6.07) is 6.87. The Balaban J connectivity index is 1.96. The smallest absolute Gasteiger partial charge is 0.422 e. The molecular weight excluding hydrogens is 307 g/mol. The van der Waals surface area contributed by atoms with Crippen molar-refractivity contribution in [1.29, 1.82) is 0 Å². The van der Waals surface area contributed by atoms with E-state index in [1.165, 1.54) is 0 Å². The molecule has 1 aromatic rings. The molecule has 0 bridgehead atoms. The number of likely N-dealkylation sites (tertiary alicyclic amines) is 1. The number of hydrogen-bond donors (Lipinski definition) is 1. The van der Waals surface area contributed by atoms with Crippen LogP contribution >= 0.6 is 0 Å². The fourth-order valence-corrected chi connectivity index (χ4v) is 2.98. The second kappa shape index (κ2) is 7.53. The molecule has 0 atom stereocenters. The lowest BCUT2D eigenvalue weighted by atomic mass is 9.77. The van der Waals surface area contributed by atoms with Crippen LogP contribution in [0.3, 0.4) is 0 Å². The first-order valence-electron chi connectivity index (χ1n) is 7.98. The van der Waals surface area contributed by atoms with Gasteiger partial charge in [0.25, 0.3) is 0 Å².